The first-order chi connectivity index (χ1) is 38.0. The van der Waals surface area contributed by atoms with Crippen LogP contribution in [0, 0.1) is 0 Å². The topological polar surface area (TPSA) is 306 Å². The fourth-order valence-corrected chi connectivity index (χ4v) is 6.88. The van der Waals surface area contributed by atoms with E-state index in [0.29, 0.717) is 34.4 Å². The molecule has 0 aliphatic heterocycles. The van der Waals surface area contributed by atoms with Crippen LogP contribution in [0.15, 0.2) is 219 Å². The van der Waals surface area contributed by atoms with Crippen LogP contribution >= 0.6 is 0 Å². The van der Waals surface area contributed by atoms with Gasteiger partial charge in [-0.05, 0) is 119 Å². The molecule has 22 heteroatoms. The van der Waals surface area contributed by atoms with Gasteiger partial charge >= 0.3 is 62.8 Å². The maximum Gasteiger partial charge on any atom is 1.00 e. The minimum absolute atomic E-state index is 0. The van der Waals surface area contributed by atoms with E-state index in [4.69, 9.17) is 20.4 Å². The average Bonchev–Trinajstić information content (AvgIpc) is 4.16. The fourth-order valence-electron chi connectivity index (χ4n) is 6.88. The summed E-state index contributed by atoms with van der Waals surface area (Å²) in [4.78, 5) is 93.7. The minimum atomic E-state index is -1.08. The van der Waals surface area contributed by atoms with E-state index in [2.05, 4.69) is 59.8 Å². The second kappa shape index (κ2) is 29.3. The van der Waals surface area contributed by atoms with Crippen LogP contribution in [0.3, 0.4) is 0 Å². The summed E-state index contributed by atoms with van der Waals surface area (Å²) in [7, 11) is 0. The quantitative estimate of drug-likeness (QED) is 0.0977. The van der Waals surface area contributed by atoms with Crippen LogP contribution in [-0.2, 0) is 39.0 Å². The van der Waals surface area contributed by atoms with Crippen LogP contribution in [0.25, 0.3) is 79.3 Å². The number of para-hydroxylation sites is 4. The minimum Gasteiger partial charge on any atom is -0.478 e. The molecule has 10 heterocycles. The number of fused-ring (bicyclic) bond motifs is 2. The molecule has 0 aliphatic carbocycles. The molecule has 0 atom stereocenters. The van der Waals surface area contributed by atoms with E-state index in [0.717, 1.165) is 44.8 Å². The maximum atomic E-state index is 10.8. The number of pyridine rings is 8. The Bertz CT molecular complexity index is 3460. The van der Waals surface area contributed by atoms with Crippen molar-refractivity contribution in [2.45, 2.75) is 0 Å². The van der Waals surface area contributed by atoms with Crippen molar-refractivity contribution in [1.82, 2.24) is 59.8 Å². The first-order valence-corrected chi connectivity index (χ1v) is 23.2. The molecule has 12 rings (SSSR count). The summed E-state index contributed by atoms with van der Waals surface area (Å²) in [6, 6.07) is 49.5. The van der Waals surface area contributed by atoms with Crippen LogP contribution in [0.1, 0.15) is 41.4 Å². The smallest absolute Gasteiger partial charge is 0.478 e. The Morgan fingerprint density at radius 2 is 0.525 bits per heavy atom. The Hall–Kier alpha value is -10.3. The van der Waals surface area contributed by atoms with E-state index < -0.39 is 23.9 Å². The van der Waals surface area contributed by atoms with Gasteiger partial charge in [-0.25, -0.2) is 19.2 Å². The largest absolute Gasteiger partial charge is 1.00 e. The number of carboxylic acids is 4. The van der Waals surface area contributed by atoms with Gasteiger partial charge in [-0.3, -0.25) is 39.9 Å². The summed E-state index contributed by atoms with van der Waals surface area (Å²) < 4.78 is 0. The number of hydrogen-bond acceptors (Lipinski definition) is 14. The Labute approximate surface area is 480 Å². The molecule has 20 nitrogen and oxygen atoms in total. The van der Waals surface area contributed by atoms with Gasteiger partial charge in [0.2, 0.25) is 0 Å². The monoisotopic (exact) mass is 1240 g/mol. The van der Waals surface area contributed by atoms with Crippen LogP contribution in [0.2, 0.25) is 0 Å². The molecular weight excluding hydrogens is 1190 g/mol. The van der Waals surface area contributed by atoms with Crippen LogP contribution in [0.4, 0.5) is 0 Å². The zero-order valence-corrected chi connectivity index (χ0v) is 44.8. The predicted molar refractivity (Wildman–Crippen MR) is 287 cm³/mol. The SMILES string of the molecule is O=C(O)c1ccnc(-c2cc(C(=O)O)ccn2)c1.O=C(O)c1ccnc(-c2cc(C(=O)O)ccn2)c1.[Ru+].[Ru+].c1ccc(-c2ccccn2)nc1.c1ccc(-c2ccccn2)nc1.c1ccc2[n-]c(-c3nc4ccccc4[n-]3)nc2c1. The Morgan fingerprint density at radius 1 is 0.287 bits per heavy atom. The molecule has 0 saturated heterocycles. The van der Waals surface area contributed by atoms with Gasteiger partial charge in [-0.2, -0.15) is 0 Å². The van der Waals surface area contributed by atoms with Gasteiger partial charge < -0.3 is 40.4 Å². The van der Waals surface area contributed by atoms with Crippen molar-refractivity contribution in [3.05, 3.63) is 242 Å². The summed E-state index contributed by atoms with van der Waals surface area (Å²) in [5, 5.41) is 35.4. The third kappa shape index (κ3) is 16.4. The molecular formula is C58H40N12O8Ru2. The predicted octanol–water partition coefficient (Wildman–Crippen LogP) is 9.73. The van der Waals surface area contributed by atoms with Gasteiger partial charge in [0, 0.05) is 49.6 Å². The summed E-state index contributed by atoms with van der Waals surface area (Å²) in [5.41, 5.74) is 8.72. The Balaban J connectivity index is 0.000000162. The molecule has 0 bridgehead atoms. The van der Waals surface area contributed by atoms with Crippen molar-refractivity contribution in [2.75, 3.05) is 0 Å². The zero-order chi connectivity index (χ0) is 54.6. The molecule has 2 radical (unpaired) electrons. The molecule has 0 spiro atoms. The number of aromatic carboxylic acids is 4. The van der Waals surface area contributed by atoms with E-state index in [9.17, 15) is 19.2 Å². The van der Waals surface area contributed by atoms with Crippen LogP contribution in [-0.4, -0.2) is 94.1 Å². The number of nitrogens with zero attached hydrogens (tertiary/aromatic N) is 12. The summed E-state index contributed by atoms with van der Waals surface area (Å²) in [6.07, 6.45) is 12.4. The number of benzene rings is 2. The van der Waals surface area contributed by atoms with Crippen molar-refractivity contribution in [3.8, 4) is 57.2 Å². The summed E-state index contributed by atoms with van der Waals surface area (Å²) >= 11 is 0. The van der Waals surface area contributed by atoms with Gasteiger partial charge in [-0.15, -0.1) is 0 Å². The summed E-state index contributed by atoms with van der Waals surface area (Å²) in [5.74, 6) is -3.12. The molecule has 396 valence electrons. The number of imidazole rings is 2. The van der Waals surface area contributed by atoms with Crippen LogP contribution < -0.4 is 9.97 Å². The molecule has 0 amide bonds. The molecule has 0 saturated carbocycles. The van der Waals surface area contributed by atoms with Crippen molar-refractivity contribution < 1.29 is 78.6 Å². The second-order valence-corrected chi connectivity index (χ2v) is 15.9. The molecule has 10 aromatic heterocycles. The normalized spacial score (nSPS) is 9.95. The maximum absolute atomic E-state index is 10.8. The van der Waals surface area contributed by atoms with Crippen LogP contribution in [0.5, 0.6) is 0 Å². The Kier molecular flexibility index (Phi) is 21.6. The van der Waals surface area contributed by atoms with E-state index in [1.807, 2.05) is 121 Å². The molecule has 2 aromatic carbocycles. The number of carboxylic acid groups (broad SMARTS) is 4. The first kappa shape index (κ1) is 59.0. The van der Waals surface area contributed by atoms with Gasteiger partial charge in [0.25, 0.3) is 0 Å². The molecule has 12 aromatic rings. The van der Waals surface area contributed by atoms with E-state index in [1.54, 1.807) is 24.8 Å². The molecule has 0 aliphatic rings. The molecule has 80 heavy (non-hydrogen) atoms. The number of aromatic nitrogens is 12. The standard InChI is InChI=1S/C14H8N4.2C12H8N2O4.2C10H8N2.2Ru/c1-2-6-10-9(5-1)15-13(16-10)14-17-11-7-3-4-8-12(11)18-14;2*15-11(16)7-1-3-13-9(5-7)10-6-8(12(17)18)2-4-14-10;2*1-3-7-11-9(5-1)10-6-2-4-8-12-10;;/h1-8H;2*1-6H,(H,15,16)(H,17,18);2*1-8H;;/q-2;;;;;2*+1. The first-order valence-electron chi connectivity index (χ1n) is 23.2. The Morgan fingerprint density at radius 3 is 0.750 bits per heavy atom. The van der Waals surface area contributed by atoms with Crippen molar-refractivity contribution in [2.24, 2.45) is 0 Å². The van der Waals surface area contributed by atoms with E-state index >= 15 is 0 Å². The van der Waals surface area contributed by atoms with Crippen molar-refractivity contribution >= 4 is 45.9 Å². The molecule has 0 fully saturated rings. The van der Waals surface area contributed by atoms with Gasteiger partial charge in [0.15, 0.2) is 0 Å². The fraction of sp³-hybridized carbons (Fsp3) is 0. The van der Waals surface area contributed by atoms with Gasteiger partial charge in [0.05, 0.1) is 67.8 Å². The third-order valence-electron chi connectivity index (χ3n) is 10.6. The van der Waals surface area contributed by atoms with Gasteiger partial charge in [0.1, 0.15) is 0 Å². The molecule has 0 unspecified atom stereocenters. The van der Waals surface area contributed by atoms with Gasteiger partial charge in [-0.1, -0.05) is 84.4 Å². The number of carbonyl (C=O) groups is 4. The average molecular weight is 1240 g/mol. The van der Waals surface area contributed by atoms with E-state index in [1.165, 1.54) is 73.3 Å². The zero-order valence-electron chi connectivity index (χ0n) is 41.3. The third-order valence-corrected chi connectivity index (χ3v) is 10.6. The van der Waals surface area contributed by atoms with Crippen molar-refractivity contribution in [3.63, 3.8) is 0 Å². The second-order valence-electron chi connectivity index (χ2n) is 15.9. The number of hydrogen-bond donors (Lipinski definition) is 4. The number of rotatable bonds is 9. The summed E-state index contributed by atoms with van der Waals surface area (Å²) in [6.45, 7) is 0. The molecule has 4 N–H and O–H groups in total. The van der Waals surface area contributed by atoms with E-state index in [-0.39, 0.29) is 61.2 Å². The van der Waals surface area contributed by atoms with Crippen molar-refractivity contribution in [1.29, 1.82) is 0 Å².